The van der Waals surface area contributed by atoms with Crippen molar-refractivity contribution in [2.75, 3.05) is 5.32 Å². The topological polar surface area (TPSA) is 42.2 Å². The molecular weight excluding hydrogens is 332 g/mol. The molecule has 0 aliphatic heterocycles. The summed E-state index contributed by atoms with van der Waals surface area (Å²) in [6, 6.07) is 9.74. The van der Waals surface area contributed by atoms with Crippen LogP contribution in [0.25, 0.3) is 17.0 Å². The second-order valence-electron chi connectivity index (χ2n) is 8.32. The molecule has 0 aliphatic carbocycles. The Balaban J connectivity index is 2.13. The highest BCUT2D eigenvalue weighted by atomic mass is 35.5. The number of anilines is 1. The molecule has 1 N–H and O–H groups in total. The summed E-state index contributed by atoms with van der Waals surface area (Å²) in [4.78, 5) is 9.12. The van der Waals surface area contributed by atoms with E-state index in [1.807, 2.05) is 40.9 Å². The van der Waals surface area contributed by atoms with E-state index in [-0.39, 0.29) is 11.0 Å². The van der Waals surface area contributed by atoms with Crippen LogP contribution >= 0.6 is 11.6 Å². The molecule has 0 atom stereocenters. The van der Waals surface area contributed by atoms with Crippen LogP contribution in [0.2, 0.25) is 5.02 Å². The van der Waals surface area contributed by atoms with E-state index in [1.54, 1.807) is 6.20 Å². The third kappa shape index (κ3) is 3.96. The summed E-state index contributed by atoms with van der Waals surface area (Å²) in [6.45, 7) is 11.1. The van der Waals surface area contributed by atoms with Crippen molar-refractivity contribution in [2.45, 2.75) is 46.6 Å². The van der Waals surface area contributed by atoms with Gasteiger partial charge in [0.2, 0.25) is 5.78 Å². The lowest BCUT2D eigenvalue weighted by Gasteiger charge is -2.33. The summed E-state index contributed by atoms with van der Waals surface area (Å²) in [5.74, 6) is 1.47. The maximum absolute atomic E-state index is 6.48. The molecule has 0 bridgehead atoms. The van der Waals surface area contributed by atoms with Crippen LogP contribution in [-0.4, -0.2) is 19.9 Å². The monoisotopic (exact) mass is 356 g/mol. The summed E-state index contributed by atoms with van der Waals surface area (Å²) in [5.41, 5.74) is 1.97. The molecule has 132 valence electrons. The SMILES string of the molecule is CC(C)(C)CC(C)(C)Nc1nc2ncccn2c1-c1ccccc1Cl. The average Bonchev–Trinajstić information content (AvgIpc) is 2.82. The van der Waals surface area contributed by atoms with E-state index in [0.717, 1.165) is 23.5 Å². The molecule has 0 saturated heterocycles. The van der Waals surface area contributed by atoms with E-state index in [1.165, 1.54) is 0 Å². The van der Waals surface area contributed by atoms with Crippen LogP contribution in [0.4, 0.5) is 5.82 Å². The minimum Gasteiger partial charge on any atom is -0.363 e. The first-order chi connectivity index (χ1) is 11.7. The van der Waals surface area contributed by atoms with E-state index in [0.29, 0.717) is 10.8 Å². The van der Waals surface area contributed by atoms with Crippen molar-refractivity contribution in [3.63, 3.8) is 0 Å². The largest absolute Gasteiger partial charge is 0.363 e. The van der Waals surface area contributed by atoms with Crippen LogP contribution in [0.15, 0.2) is 42.7 Å². The van der Waals surface area contributed by atoms with E-state index >= 15 is 0 Å². The Kier molecular flexibility index (Phi) is 4.50. The number of aromatic nitrogens is 3. The van der Waals surface area contributed by atoms with Gasteiger partial charge in [0.25, 0.3) is 0 Å². The zero-order valence-electron chi connectivity index (χ0n) is 15.5. The van der Waals surface area contributed by atoms with Crippen molar-refractivity contribution in [1.82, 2.24) is 14.4 Å². The van der Waals surface area contributed by atoms with Gasteiger partial charge in [0.15, 0.2) is 5.82 Å². The number of halogens is 1. The van der Waals surface area contributed by atoms with Crippen molar-refractivity contribution in [1.29, 1.82) is 0 Å². The number of benzene rings is 1. The Morgan fingerprint density at radius 1 is 1.08 bits per heavy atom. The first kappa shape index (κ1) is 17.7. The van der Waals surface area contributed by atoms with Crippen LogP contribution in [0.3, 0.4) is 0 Å². The highest BCUT2D eigenvalue weighted by molar-refractivity contribution is 6.33. The van der Waals surface area contributed by atoms with Crippen LogP contribution in [0.1, 0.15) is 41.0 Å². The van der Waals surface area contributed by atoms with Crippen LogP contribution < -0.4 is 5.32 Å². The third-order valence-corrected chi connectivity index (χ3v) is 4.29. The predicted molar refractivity (Wildman–Crippen MR) is 105 cm³/mol. The minimum atomic E-state index is -0.119. The molecule has 4 nitrogen and oxygen atoms in total. The fourth-order valence-electron chi connectivity index (χ4n) is 3.58. The molecule has 0 amide bonds. The van der Waals surface area contributed by atoms with Gasteiger partial charge in [0, 0.05) is 23.5 Å². The summed E-state index contributed by atoms with van der Waals surface area (Å²) in [5, 5.41) is 4.33. The zero-order valence-corrected chi connectivity index (χ0v) is 16.2. The molecule has 0 unspecified atom stereocenters. The summed E-state index contributed by atoms with van der Waals surface area (Å²) >= 11 is 6.48. The number of hydrogen-bond donors (Lipinski definition) is 1. The molecular formula is C20H25ClN4. The van der Waals surface area contributed by atoms with Crippen molar-refractivity contribution in [3.8, 4) is 11.3 Å². The number of fused-ring (bicyclic) bond motifs is 1. The van der Waals surface area contributed by atoms with Crippen molar-refractivity contribution in [3.05, 3.63) is 47.7 Å². The van der Waals surface area contributed by atoms with Crippen molar-refractivity contribution < 1.29 is 0 Å². The molecule has 5 heteroatoms. The molecule has 2 heterocycles. The van der Waals surface area contributed by atoms with Crippen LogP contribution in [0.5, 0.6) is 0 Å². The van der Waals surface area contributed by atoms with Gasteiger partial charge in [-0.3, -0.25) is 4.40 Å². The smallest absolute Gasteiger partial charge is 0.236 e. The molecule has 0 spiro atoms. The summed E-state index contributed by atoms with van der Waals surface area (Å²) < 4.78 is 1.98. The Hall–Kier alpha value is -2.07. The number of nitrogens with zero attached hydrogens (tertiary/aromatic N) is 3. The second-order valence-corrected chi connectivity index (χ2v) is 8.73. The van der Waals surface area contributed by atoms with Crippen LogP contribution in [0, 0.1) is 5.41 Å². The van der Waals surface area contributed by atoms with E-state index in [2.05, 4.69) is 44.9 Å². The minimum absolute atomic E-state index is 0.119. The Bertz CT molecular complexity index is 890. The molecule has 1 aromatic carbocycles. The lowest BCUT2D eigenvalue weighted by atomic mass is 9.82. The molecule has 3 aromatic rings. The van der Waals surface area contributed by atoms with Gasteiger partial charge in [-0.1, -0.05) is 50.6 Å². The lowest BCUT2D eigenvalue weighted by molar-refractivity contribution is 0.302. The van der Waals surface area contributed by atoms with Gasteiger partial charge >= 0.3 is 0 Å². The standard InChI is InChI=1S/C20H25ClN4/c1-19(2,3)13-20(4,5)24-17-16(14-9-6-7-10-15(14)21)25-12-8-11-22-18(25)23-17/h6-12,24H,13H2,1-5H3. The molecule has 0 radical (unpaired) electrons. The highest BCUT2D eigenvalue weighted by Crippen LogP contribution is 2.36. The van der Waals surface area contributed by atoms with Crippen LogP contribution in [-0.2, 0) is 0 Å². The predicted octanol–water partition coefficient (Wildman–Crippen LogP) is 5.68. The number of rotatable bonds is 4. The van der Waals surface area contributed by atoms with Gasteiger partial charge in [0.05, 0.1) is 10.7 Å². The second kappa shape index (κ2) is 6.34. The van der Waals surface area contributed by atoms with Crippen molar-refractivity contribution >= 4 is 23.2 Å². The maximum Gasteiger partial charge on any atom is 0.236 e. The van der Waals surface area contributed by atoms with Gasteiger partial charge < -0.3 is 5.32 Å². The number of nitrogens with one attached hydrogen (secondary N) is 1. The van der Waals surface area contributed by atoms with Gasteiger partial charge in [0.1, 0.15) is 0 Å². The Morgan fingerprint density at radius 3 is 2.48 bits per heavy atom. The van der Waals surface area contributed by atoms with Crippen molar-refractivity contribution in [2.24, 2.45) is 5.41 Å². The fourth-order valence-corrected chi connectivity index (χ4v) is 3.80. The summed E-state index contributed by atoms with van der Waals surface area (Å²) in [6.07, 6.45) is 4.72. The maximum atomic E-state index is 6.48. The molecule has 0 saturated carbocycles. The van der Waals surface area contributed by atoms with Gasteiger partial charge in [-0.2, -0.15) is 4.98 Å². The summed E-state index contributed by atoms with van der Waals surface area (Å²) in [7, 11) is 0. The van der Waals surface area contributed by atoms with Gasteiger partial charge in [-0.05, 0) is 37.8 Å². The Labute approximate surface area is 154 Å². The normalized spacial score (nSPS) is 12.6. The molecule has 0 aliphatic rings. The van der Waals surface area contributed by atoms with E-state index in [9.17, 15) is 0 Å². The fraction of sp³-hybridized carbons (Fsp3) is 0.400. The molecule has 0 fully saturated rings. The highest BCUT2D eigenvalue weighted by Gasteiger charge is 2.28. The average molecular weight is 357 g/mol. The molecule has 2 aromatic heterocycles. The number of hydrogen-bond acceptors (Lipinski definition) is 3. The van der Waals surface area contributed by atoms with E-state index in [4.69, 9.17) is 16.6 Å². The quantitative estimate of drug-likeness (QED) is 0.654. The van der Waals surface area contributed by atoms with E-state index < -0.39 is 0 Å². The zero-order chi connectivity index (χ0) is 18.2. The van der Waals surface area contributed by atoms with Gasteiger partial charge in [-0.15, -0.1) is 0 Å². The Morgan fingerprint density at radius 2 is 1.80 bits per heavy atom. The molecule has 3 rings (SSSR count). The first-order valence-electron chi connectivity index (χ1n) is 8.52. The number of imidazole rings is 1. The van der Waals surface area contributed by atoms with Gasteiger partial charge in [-0.25, -0.2) is 4.98 Å². The lowest BCUT2D eigenvalue weighted by Crippen LogP contribution is -2.35. The molecule has 25 heavy (non-hydrogen) atoms. The third-order valence-electron chi connectivity index (χ3n) is 3.96. The first-order valence-corrected chi connectivity index (χ1v) is 8.90.